The predicted molar refractivity (Wildman–Crippen MR) is 63.9 cm³/mol. The van der Waals surface area contributed by atoms with Crippen LogP contribution in [-0.4, -0.2) is 30.1 Å². The van der Waals surface area contributed by atoms with Crippen LogP contribution in [0.2, 0.25) is 0 Å². The monoisotopic (exact) mass is 218 g/mol. The van der Waals surface area contributed by atoms with E-state index in [1.165, 1.54) is 5.56 Å². The summed E-state index contributed by atoms with van der Waals surface area (Å²) in [6, 6.07) is 9.97. The number of rotatable bonds is 5. The third-order valence-corrected chi connectivity index (χ3v) is 2.55. The molecule has 0 saturated carbocycles. The first-order valence-electron chi connectivity index (χ1n) is 5.43. The molecule has 0 bridgehead atoms. The summed E-state index contributed by atoms with van der Waals surface area (Å²) in [5, 5.41) is 18.4. The van der Waals surface area contributed by atoms with Crippen molar-refractivity contribution in [3.63, 3.8) is 0 Å². The van der Waals surface area contributed by atoms with Gasteiger partial charge in [0.2, 0.25) is 0 Å². The van der Waals surface area contributed by atoms with Crippen molar-refractivity contribution in [3.8, 4) is 6.07 Å². The lowest BCUT2D eigenvalue weighted by molar-refractivity contribution is 0.128. The van der Waals surface area contributed by atoms with E-state index in [0.717, 1.165) is 5.56 Å². The fourth-order valence-corrected chi connectivity index (χ4v) is 1.52. The molecule has 1 rings (SSSR count). The Morgan fingerprint density at radius 3 is 2.56 bits per heavy atom. The van der Waals surface area contributed by atoms with Crippen LogP contribution in [0.25, 0.3) is 0 Å². The number of benzene rings is 1. The van der Waals surface area contributed by atoms with Crippen LogP contribution < -0.4 is 0 Å². The van der Waals surface area contributed by atoms with E-state index in [-0.39, 0.29) is 0 Å². The van der Waals surface area contributed by atoms with Gasteiger partial charge in [-0.1, -0.05) is 29.8 Å². The molecule has 0 fully saturated rings. The van der Waals surface area contributed by atoms with Gasteiger partial charge in [0.1, 0.15) is 0 Å². The minimum Gasteiger partial charge on any atom is -0.387 e. The Hall–Kier alpha value is -1.37. The quantitative estimate of drug-likeness (QED) is 0.820. The lowest BCUT2D eigenvalue weighted by Crippen LogP contribution is -2.25. The molecule has 1 aromatic carbocycles. The van der Waals surface area contributed by atoms with Crippen molar-refractivity contribution in [1.82, 2.24) is 4.90 Å². The van der Waals surface area contributed by atoms with E-state index < -0.39 is 6.10 Å². The van der Waals surface area contributed by atoms with Crippen LogP contribution >= 0.6 is 0 Å². The van der Waals surface area contributed by atoms with E-state index in [4.69, 9.17) is 5.26 Å². The Balaban J connectivity index is 2.49. The highest BCUT2D eigenvalue weighted by atomic mass is 16.3. The normalized spacial score (nSPS) is 12.4. The fraction of sp³-hybridized carbons (Fsp3) is 0.462. The van der Waals surface area contributed by atoms with Gasteiger partial charge >= 0.3 is 0 Å². The average molecular weight is 218 g/mol. The smallest absolute Gasteiger partial charge is 0.0916 e. The van der Waals surface area contributed by atoms with Gasteiger partial charge in [-0.05, 0) is 19.5 Å². The zero-order valence-electron chi connectivity index (χ0n) is 9.85. The van der Waals surface area contributed by atoms with Crippen LogP contribution in [0.4, 0.5) is 0 Å². The molecule has 0 aliphatic heterocycles. The van der Waals surface area contributed by atoms with Crippen LogP contribution in [0.1, 0.15) is 23.7 Å². The minimum atomic E-state index is -0.482. The summed E-state index contributed by atoms with van der Waals surface area (Å²) >= 11 is 0. The number of hydrogen-bond acceptors (Lipinski definition) is 3. The maximum Gasteiger partial charge on any atom is 0.0916 e. The van der Waals surface area contributed by atoms with Gasteiger partial charge in [-0.2, -0.15) is 5.26 Å². The highest BCUT2D eigenvalue weighted by Crippen LogP contribution is 2.14. The molecule has 0 radical (unpaired) electrons. The topological polar surface area (TPSA) is 47.3 Å². The standard InChI is InChI=1S/C13H18N2O/c1-11-4-6-12(7-5-11)13(16)10-15(2)9-3-8-14/h4-7,13,16H,3,9-10H2,1-2H3. The molecule has 0 aromatic heterocycles. The largest absolute Gasteiger partial charge is 0.387 e. The molecule has 0 aliphatic rings. The summed E-state index contributed by atoms with van der Waals surface area (Å²) in [7, 11) is 1.91. The number of aryl methyl sites for hydroxylation is 1. The van der Waals surface area contributed by atoms with Crippen LogP contribution in [-0.2, 0) is 0 Å². The Kier molecular flexibility index (Phi) is 4.97. The van der Waals surface area contributed by atoms with Gasteiger partial charge in [0.15, 0.2) is 0 Å². The molecule has 0 saturated heterocycles. The zero-order valence-corrected chi connectivity index (χ0v) is 9.85. The molecule has 0 amide bonds. The van der Waals surface area contributed by atoms with Gasteiger partial charge in [-0.15, -0.1) is 0 Å². The SMILES string of the molecule is Cc1ccc(C(O)CN(C)CCC#N)cc1. The van der Waals surface area contributed by atoms with Crippen LogP contribution in [0.15, 0.2) is 24.3 Å². The first-order valence-corrected chi connectivity index (χ1v) is 5.43. The van der Waals surface area contributed by atoms with Crippen LogP contribution in [0.5, 0.6) is 0 Å². The van der Waals surface area contributed by atoms with E-state index in [2.05, 4.69) is 6.07 Å². The molecule has 1 atom stereocenters. The number of nitriles is 1. The van der Waals surface area contributed by atoms with Crippen molar-refractivity contribution in [2.75, 3.05) is 20.1 Å². The average Bonchev–Trinajstić information content (AvgIpc) is 2.27. The van der Waals surface area contributed by atoms with E-state index in [1.54, 1.807) is 0 Å². The molecule has 3 heteroatoms. The number of aliphatic hydroxyl groups is 1. The molecule has 0 aliphatic carbocycles. The van der Waals surface area contributed by atoms with E-state index in [0.29, 0.717) is 19.5 Å². The number of hydrogen-bond donors (Lipinski definition) is 1. The lowest BCUT2D eigenvalue weighted by Gasteiger charge is -2.19. The van der Waals surface area contributed by atoms with Gasteiger partial charge in [0, 0.05) is 19.5 Å². The highest BCUT2D eigenvalue weighted by Gasteiger charge is 2.09. The Labute approximate surface area is 96.9 Å². The van der Waals surface area contributed by atoms with Crippen LogP contribution in [0, 0.1) is 18.3 Å². The van der Waals surface area contributed by atoms with Crippen molar-refractivity contribution >= 4 is 0 Å². The molecular formula is C13H18N2O. The molecular weight excluding hydrogens is 200 g/mol. The van der Waals surface area contributed by atoms with E-state index in [1.807, 2.05) is 43.1 Å². The van der Waals surface area contributed by atoms with Crippen molar-refractivity contribution in [3.05, 3.63) is 35.4 Å². The Morgan fingerprint density at radius 2 is 2.00 bits per heavy atom. The van der Waals surface area contributed by atoms with Crippen molar-refractivity contribution in [2.45, 2.75) is 19.4 Å². The van der Waals surface area contributed by atoms with E-state index in [9.17, 15) is 5.11 Å². The van der Waals surface area contributed by atoms with Crippen molar-refractivity contribution < 1.29 is 5.11 Å². The van der Waals surface area contributed by atoms with Crippen molar-refractivity contribution in [2.24, 2.45) is 0 Å². The van der Waals surface area contributed by atoms with Crippen molar-refractivity contribution in [1.29, 1.82) is 5.26 Å². The third kappa shape index (κ3) is 4.01. The lowest BCUT2D eigenvalue weighted by atomic mass is 10.1. The minimum absolute atomic E-state index is 0.482. The summed E-state index contributed by atoms with van der Waals surface area (Å²) in [4.78, 5) is 1.97. The second-order valence-electron chi connectivity index (χ2n) is 4.10. The zero-order chi connectivity index (χ0) is 12.0. The second kappa shape index (κ2) is 6.26. The molecule has 1 unspecified atom stereocenters. The Bertz CT molecular complexity index is 353. The summed E-state index contributed by atoms with van der Waals surface area (Å²) in [5.74, 6) is 0. The highest BCUT2D eigenvalue weighted by molar-refractivity contribution is 5.23. The molecule has 86 valence electrons. The maximum atomic E-state index is 9.96. The predicted octanol–water partition coefficient (Wildman–Crippen LogP) is 1.87. The first kappa shape index (κ1) is 12.7. The van der Waals surface area contributed by atoms with Gasteiger partial charge in [0.25, 0.3) is 0 Å². The van der Waals surface area contributed by atoms with Gasteiger partial charge < -0.3 is 10.0 Å². The summed E-state index contributed by atoms with van der Waals surface area (Å²) in [6.45, 7) is 3.28. The van der Waals surface area contributed by atoms with Gasteiger partial charge in [-0.3, -0.25) is 0 Å². The third-order valence-electron chi connectivity index (χ3n) is 2.55. The number of aliphatic hydroxyl groups excluding tert-OH is 1. The van der Waals surface area contributed by atoms with Gasteiger partial charge in [-0.25, -0.2) is 0 Å². The fourth-order valence-electron chi connectivity index (χ4n) is 1.52. The molecule has 0 heterocycles. The number of nitrogens with zero attached hydrogens (tertiary/aromatic N) is 2. The number of likely N-dealkylation sites (N-methyl/N-ethyl adjacent to an activating group) is 1. The van der Waals surface area contributed by atoms with Gasteiger partial charge in [0.05, 0.1) is 12.2 Å². The van der Waals surface area contributed by atoms with Crippen LogP contribution in [0.3, 0.4) is 0 Å². The Morgan fingerprint density at radius 1 is 1.38 bits per heavy atom. The molecule has 1 N–H and O–H groups in total. The molecule has 16 heavy (non-hydrogen) atoms. The summed E-state index contributed by atoms with van der Waals surface area (Å²) in [6.07, 6.45) is 0.0150. The maximum absolute atomic E-state index is 9.96. The molecule has 1 aromatic rings. The summed E-state index contributed by atoms with van der Waals surface area (Å²) in [5.41, 5.74) is 2.11. The van der Waals surface area contributed by atoms with E-state index >= 15 is 0 Å². The second-order valence-corrected chi connectivity index (χ2v) is 4.10. The first-order chi connectivity index (χ1) is 7.63. The summed E-state index contributed by atoms with van der Waals surface area (Å²) < 4.78 is 0. The molecule has 0 spiro atoms. The molecule has 3 nitrogen and oxygen atoms in total.